The molecule has 1 amide bonds. The number of nitrogens with one attached hydrogen (secondary N) is 2. The van der Waals surface area contributed by atoms with Crippen LogP contribution in [0.5, 0.6) is 0 Å². The van der Waals surface area contributed by atoms with Gasteiger partial charge in [-0.2, -0.15) is 0 Å². The Kier molecular flexibility index (Phi) is 5.73. The van der Waals surface area contributed by atoms with Crippen molar-refractivity contribution in [1.29, 1.82) is 0 Å². The molecule has 1 aromatic heterocycles. The Morgan fingerprint density at radius 3 is 2.26 bits per heavy atom. The zero-order chi connectivity index (χ0) is 22.0. The van der Waals surface area contributed by atoms with Crippen LogP contribution in [0.3, 0.4) is 0 Å². The number of hydrogen-bond acceptors (Lipinski definition) is 5. The number of aromatic nitrogens is 2. The van der Waals surface area contributed by atoms with E-state index in [2.05, 4.69) is 20.8 Å². The van der Waals surface area contributed by atoms with Crippen molar-refractivity contribution in [1.82, 2.24) is 10.2 Å². The summed E-state index contributed by atoms with van der Waals surface area (Å²) in [5.41, 5.74) is 3.81. The second-order valence-electron chi connectivity index (χ2n) is 6.82. The fraction of sp³-hybridized carbons (Fsp3) is 0.0870. The van der Waals surface area contributed by atoms with Crippen molar-refractivity contribution in [3.8, 4) is 21.7 Å². The summed E-state index contributed by atoms with van der Waals surface area (Å²) >= 11 is 1.46. The summed E-state index contributed by atoms with van der Waals surface area (Å²) < 4.78 is 27.6. The molecule has 4 aromatic rings. The molecule has 0 saturated heterocycles. The summed E-state index contributed by atoms with van der Waals surface area (Å²) in [5.74, 6) is -2.64. The molecule has 8 heteroatoms. The summed E-state index contributed by atoms with van der Waals surface area (Å²) in [6.45, 7) is 2.01. The van der Waals surface area contributed by atoms with Gasteiger partial charge in [0, 0.05) is 18.3 Å². The predicted molar refractivity (Wildman–Crippen MR) is 119 cm³/mol. The molecule has 3 aromatic carbocycles. The van der Waals surface area contributed by atoms with Gasteiger partial charge in [-0.15, -0.1) is 10.2 Å². The van der Waals surface area contributed by atoms with E-state index in [9.17, 15) is 13.6 Å². The van der Waals surface area contributed by atoms with Crippen molar-refractivity contribution in [2.24, 2.45) is 0 Å². The molecule has 156 valence electrons. The van der Waals surface area contributed by atoms with E-state index in [1.54, 1.807) is 19.2 Å². The number of rotatable bonds is 5. The van der Waals surface area contributed by atoms with E-state index in [-0.39, 0.29) is 0 Å². The first kappa shape index (κ1) is 20.6. The van der Waals surface area contributed by atoms with Crippen molar-refractivity contribution in [3.05, 3.63) is 83.4 Å². The van der Waals surface area contributed by atoms with Crippen LogP contribution >= 0.6 is 11.3 Å². The number of carbonyl (C=O) groups excluding carboxylic acids is 1. The fourth-order valence-electron chi connectivity index (χ4n) is 3.15. The molecule has 0 unspecified atom stereocenters. The molecule has 0 bridgehead atoms. The minimum absolute atomic E-state index is 0.438. The Labute approximate surface area is 181 Å². The van der Waals surface area contributed by atoms with Gasteiger partial charge in [-0.3, -0.25) is 4.79 Å². The number of aryl methyl sites for hydroxylation is 1. The van der Waals surface area contributed by atoms with Crippen LogP contribution in [-0.4, -0.2) is 23.2 Å². The van der Waals surface area contributed by atoms with Gasteiger partial charge in [0.2, 0.25) is 5.13 Å². The molecule has 4 rings (SSSR count). The average Bonchev–Trinajstić information content (AvgIpc) is 3.24. The number of carbonyl (C=O) groups is 1. The minimum atomic E-state index is -0.903. The molecule has 5 nitrogen and oxygen atoms in total. The second-order valence-corrected chi connectivity index (χ2v) is 7.80. The van der Waals surface area contributed by atoms with Gasteiger partial charge in [0.1, 0.15) is 22.2 Å². The van der Waals surface area contributed by atoms with Crippen molar-refractivity contribution >= 4 is 28.1 Å². The highest BCUT2D eigenvalue weighted by Gasteiger charge is 2.17. The van der Waals surface area contributed by atoms with E-state index in [0.29, 0.717) is 5.69 Å². The number of benzene rings is 3. The average molecular weight is 436 g/mol. The van der Waals surface area contributed by atoms with Crippen LogP contribution in [0.1, 0.15) is 15.9 Å². The van der Waals surface area contributed by atoms with Crippen LogP contribution in [0.15, 0.2) is 60.7 Å². The molecule has 0 saturated carbocycles. The van der Waals surface area contributed by atoms with Gasteiger partial charge in [0.05, 0.1) is 0 Å². The van der Waals surface area contributed by atoms with E-state index in [1.165, 1.54) is 17.4 Å². The molecule has 1 heterocycles. The lowest BCUT2D eigenvalue weighted by molar-refractivity contribution is 0.101. The zero-order valence-corrected chi connectivity index (χ0v) is 17.6. The Morgan fingerprint density at radius 1 is 0.935 bits per heavy atom. The first-order valence-corrected chi connectivity index (χ1v) is 10.3. The maximum absolute atomic E-state index is 13.8. The Bertz CT molecular complexity index is 1230. The summed E-state index contributed by atoms with van der Waals surface area (Å²) in [4.78, 5) is 12.3. The molecule has 0 atom stereocenters. The van der Waals surface area contributed by atoms with Crippen molar-refractivity contribution in [3.63, 3.8) is 0 Å². The summed E-state index contributed by atoms with van der Waals surface area (Å²) in [7, 11) is 1.80. The topological polar surface area (TPSA) is 66.9 Å². The molecule has 0 radical (unpaired) electrons. The third kappa shape index (κ3) is 4.29. The second kappa shape index (κ2) is 8.61. The lowest BCUT2D eigenvalue weighted by Gasteiger charge is -2.10. The molecule has 0 spiro atoms. The van der Waals surface area contributed by atoms with Gasteiger partial charge in [-0.25, -0.2) is 8.78 Å². The molecule has 0 aliphatic heterocycles. The lowest BCUT2D eigenvalue weighted by Crippen LogP contribution is -2.15. The molecule has 2 N–H and O–H groups in total. The summed E-state index contributed by atoms with van der Waals surface area (Å²) in [5, 5.41) is 15.3. The van der Waals surface area contributed by atoms with Gasteiger partial charge in [-0.1, -0.05) is 41.7 Å². The predicted octanol–water partition coefficient (Wildman–Crippen LogP) is 5.75. The molecule has 31 heavy (non-hydrogen) atoms. The SMILES string of the molecule is CNc1nnc(-c2ccc(C)c(-c3ccc(NC(=O)c4c(F)cccc4F)cc3)c2)s1. The smallest absolute Gasteiger partial charge is 0.261 e. The quantitative estimate of drug-likeness (QED) is 0.418. The number of anilines is 2. The molecule has 0 aliphatic carbocycles. The fourth-order valence-corrected chi connectivity index (χ4v) is 3.84. The highest BCUT2D eigenvalue weighted by molar-refractivity contribution is 7.18. The van der Waals surface area contributed by atoms with Crippen LogP contribution in [0, 0.1) is 18.6 Å². The van der Waals surface area contributed by atoms with E-state index < -0.39 is 23.1 Å². The highest BCUT2D eigenvalue weighted by Crippen LogP contribution is 2.32. The monoisotopic (exact) mass is 436 g/mol. The van der Waals surface area contributed by atoms with Crippen LogP contribution in [0.4, 0.5) is 19.6 Å². The Balaban J connectivity index is 1.58. The van der Waals surface area contributed by atoms with E-state index in [0.717, 1.165) is 44.5 Å². The number of hydrogen-bond donors (Lipinski definition) is 2. The van der Waals surface area contributed by atoms with Crippen molar-refractivity contribution in [2.75, 3.05) is 17.7 Å². The molecular formula is C23H18F2N4OS. The first-order valence-electron chi connectivity index (χ1n) is 9.44. The van der Waals surface area contributed by atoms with E-state index in [1.807, 2.05) is 37.3 Å². The van der Waals surface area contributed by atoms with Gasteiger partial charge < -0.3 is 10.6 Å². The number of halogens is 2. The molecular weight excluding hydrogens is 418 g/mol. The maximum Gasteiger partial charge on any atom is 0.261 e. The minimum Gasteiger partial charge on any atom is -0.363 e. The number of amides is 1. The van der Waals surface area contributed by atoms with Crippen molar-refractivity contribution < 1.29 is 13.6 Å². The Hall–Kier alpha value is -3.65. The Morgan fingerprint density at radius 2 is 1.61 bits per heavy atom. The van der Waals surface area contributed by atoms with Gasteiger partial charge >= 0.3 is 0 Å². The molecule has 0 fully saturated rings. The normalized spacial score (nSPS) is 10.7. The van der Waals surface area contributed by atoms with E-state index in [4.69, 9.17) is 0 Å². The highest BCUT2D eigenvalue weighted by atomic mass is 32.1. The zero-order valence-electron chi connectivity index (χ0n) is 16.7. The van der Waals surface area contributed by atoms with Gasteiger partial charge in [-0.05, 0) is 53.9 Å². The van der Waals surface area contributed by atoms with Gasteiger partial charge in [0.15, 0.2) is 0 Å². The van der Waals surface area contributed by atoms with Gasteiger partial charge in [0.25, 0.3) is 5.91 Å². The van der Waals surface area contributed by atoms with E-state index >= 15 is 0 Å². The first-order chi connectivity index (χ1) is 15.0. The van der Waals surface area contributed by atoms with Crippen LogP contribution in [0.25, 0.3) is 21.7 Å². The molecule has 0 aliphatic rings. The number of nitrogens with zero attached hydrogens (tertiary/aromatic N) is 2. The third-order valence-electron chi connectivity index (χ3n) is 4.77. The standard InChI is InChI=1S/C23H18F2N4OS/c1-13-6-7-15(22-28-29-23(26-2)31-22)12-17(13)14-8-10-16(11-9-14)27-21(30)20-18(24)4-3-5-19(20)25/h3-12H,1-2H3,(H,26,29)(H,27,30). The van der Waals surface area contributed by atoms with Crippen LogP contribution < -0.4 is 10.6 Å². The van der Waals surface area contributed by atoms with Crippen LogP contribution in [-0.2, 0) is 0 Å². The maximum atomic E-state index is 13.8. The van der Waals surface area contributed by atoms with Crippen molar-refractivity contribution in [2.45, 2.75) is 6.92 Å². The third-order valence-corrected chi connectivity index (χ3v) is 5.76. The largest absolute Gasteiger partial charge is 0.363 e. The summed E-state index contributed by atoms with van der Waals surface area (Å²) in [6.07, 6.45) is 0. The lowest BCUT2D eigenvalue weighted by atomic mass is 9.98. The summed E-state index contributed by atoms with van der Waals surface area (Å²) in [6, 6.07) is 16.5. The van der Waals surface area contributed by atoms with Crippen LogP contribution in [0.2, 0.25) is 0 Å².